The highest BCUT2D eigenvalue weighted by molar-refractivity contribution is 7.97. The minimum Gasteiger partial charge on any atom is -0.334 e. The maximum absolute atomic E-state index is 13.5. The summed E-state index contributed by atoms with van der Waals surface area (Å²) in [6.07, 6.45) is 5.66. The van der Waals surface area contributed by atoms with Gasteiger partial charge in [0.05, 0.1) is 16.6 Å². The Bertz CT molecular complexity index is 855. The van der Waals surface area contributed by atoms with Crippen molar-refractivity contribution in [3.05, 3.63) is 35.7 Å². The summed E-state index contributed by atoms with van der Waals surface area (Å²) in [6.45, 7) is 2.81. The number of nitrogens with zero attached hydrogens (tertiary/aromatic N) is 2. The number of carbonyl (C=O) groups excluding carboxylic acids is 2. The van der Waals surface area contributed by atoms with Crippen molar-refractivity contribution in [2.24, 2.45) is 11.8 Å². The molecule has 1 aliphatic carbocycles. The fraction of sp³-hybridized carbons (Fsp3) is 0.500. The van der Waals surface area contributed by atoms with E-state index in [1.54, 1.807) is 6.07 Å². The lowest BCUT2D eigenvalue weighted by molar-refractivity contribution is -0.131. The summed E-state index contributed by atoms with van der Waals surface area (Å²) < 4.78 is 14.9. The Morgan fingerprint density at radius 2 is 2.11 bits per heavy atom. The monoisotopic (exact) mass is 402 g/mol. The minimum absolute atomic E-state index is 0.00479. The zero-order chi connectivity index (χ0) is 19.3. The molecule has 0 spiro atoms. The molecule has 8 heteroatoms. The van der Waals surface area contributed by atoms with Gasteiger partial charge < -0.3 is 15.5 Å². The van der Waals surface area contributed by atoms with Gasteiger partial charge in [-0.2, -0.15) is 0 Å². The van der Waals surface area contributed by atoms with Gasteiger partial charge in [-0.25, -0.2) is 9.18 Å². The van der Waals surface area contributed by atoms with Crippen LogP contribution in [-0.4, -0.2) is 53.4 Å². The van der Waals surface area contributed by atoms with E-state index in [1.807, 2.05) is 4.90 Å². The van der Waals surface area contributed by atoms with Crippen LogP contribution >= 0.6 is 11.9 Å². The predicted octanol–water partition coefficient (Wildman–Crippen LogP) is 2.84. The van der Waals surface area contributed by atoms with E-state index in [1.165, 1.54) is 22.0 Å². The number of urea groups is 1. The number of nitrogens with one attached hydrogen (secondary N) is 2. The third-order valence-electron chi connectivity index (χ3n) is 6.18. The largest absolute Gasteiger partial charge is 0.334 e. The zero-order valence-corrected chi connectivity index (χ0v) is 16.3. The van der Waals surface area contributed by atoms with E-state index in [0.29, 0.717) is 22.4 Å². The summed E-state index contributed by atoms with van der Waals surface area (Å²) in [6, 6.07) is 4.09. The molecule has 0 aromatic heterocycles. The fourth-order valence-electron chi connectivity index (χ4n) is 4.86. The number of carbonyl (C=O) groups is 2. The average molecular weight is 402 g/mol. The zero-order valence-electron chi connectivity index (χ0n) is 15.5. The fourth-order valence-corrected chi connectivity index (χ4v) is 5.78. The summed E-state index contributed by atoms with van der Waals surface area (Å²) in [5, 5.41) is 6.14. The molecule has 148 valence electrons. The average Bonchev–Trinajstić information content (AvgIpc) is 3.31. The van der Waals surface area contributed by atoms with Crippen LogP contribution in [0.3, 0.4) is 0 Å². The number of amides is 3. The molecule has 28 heavy (non-hydrogen) atoms. The summed E-state index contributed by atoms with van der Waals surface area (Å²) in [7, 11) is 0. The van der Waals surface area contributed by atoms with E-state index in [4.69, 9.17) is 0 Å². The molecular weight excluding hydrogens is 379 g/mol. The molecule has 2 fully saturated rings. The lowest BCUT2D eigenvalue weighted by atomic mass is 9.86. The second-order valence-electron chi connectivity index (χ2n) is 7.95. The second kappa shape index (κ2) is 7.08. The van der Waals surface area contributed by atoms with E-state index in [-0.39, 0.29) is 30.3 Å². The number of rotatable bonds is 3. The van der Waals surface area contributed by atoms with E-state index in [9.17, 15) is 14.0 Å². The van der Waals surface area contributed by atoms with E-state index in [0.717, 1.165) is 50.8 Å². The van der Waals surface area contributed by atoms with Crippen LogP contribution in [0, 0.1) is 17.7 Å². The van der Waals surface area contributed by atoms with Crippen molar-refractivity contribution in [2.75, 3.05) is 31.5 Å². The number of hydrogen-bond acceptors (Lipinski definition) is 4. The standard InChI is InChI=1S/C20H23FN4O2S/c21-14-1-2-16-18(9-14)28-25(20(27)23-16)11-19(26)24-10-12-7-15(17(24)8-12)13-3-5-22-6-4-13/h1-2,7,9,12-13,17,22H,3-6,8,10-11H2,(H,23,27). The highest BCUT2D eigenvalue weighted by Gasteiger charge is 2.44. The molecule has 1 aromatic carbocycles. The van der Waals surface area contributed by atoms with Crippen LogP contribution in [0.1, 0.15) is 19.3 Å². The maximum Gasteiger partial charge on any atom is 0.332 e. The lowest BCUT2D eigenvalue weighted by Gasteiger charge is -2.35. The number of fused-ring (bicyclic) bond motifs is 3. The summed E-state index contributed by atoms with van der Waals surface area (Å²) >= 11 is 1.13. The normalized spacial score (nSPS) is 26.9. The molecule has 5 rings (SSSR count). The Morgan fingerprint density at radius 1 is 1.29 bits per heavy atom. The third-order valence-corrected chi connectivity index (χ3v) is 7.23. The molecule has 4 aliphatic rings. The minimum atomic E-state index is -0.359. The van der Waals surface area contributed by atoms with Crippen molar-refractivity contribution in [1.29, 1.82) is 0 Å². The highest BCUT2D eigenvalue weighted by Crippen LogP contribution is 2.43. The van der Waals surface area contributed by atoms with Crippen LogP contribution in [0.2, 0.25) is 0 Å². The number of likely N-dealkylation sites (tertiary alicyclic amines) is 1. The SMILES string of the molecule is O=C1Nc2ccc(F)cc2SN1CC(=O)N1CC2C=C(C3CCNCC3)C1C2. The van der Waals surface area contributed by atoms with Crippen LogP contribution in [0.25, 0.3) is 0 Å². The molecule has 0 saturated carbocycles. The first-order valence-electron chi connectivity index (χ1n) is 9.86. The molecule has 2 atom stereocenters. The first-order valence-corrected chi connectivity index (χ1v) is 10.6. The molecule has 3 aliphatic heterocycles. The Balaban J connectivity index is 1.27. The van der Waals surface area contributed by atoms with E-state index >= 15 is 0 Å². The van der Waals surface area contributed by atoms with Crippen LogP contribution in [0.5, 0.6) is 0 Å². The number of hydrogen-bond donors (Lipinski definition) is 2. The van der Waals surface area contributed by atoms with Gasteiger partial charge in [0.25, 0.3) is 0 Å². The lowest BCUT2D eigenvalue weighted by Crippen LogP contribution is -2.46. The Labute approximate surface area is 167 Å². The van der Waals surface area contributed by atoms with E-state index in [2.05, 4.69) is 16.7 Å². The van der Waals surface area contributed by atoms with Crippen LogP contribution < -0.4 is 10.6 Å². The molecular formula is C20H23FN4O2S. The van der Waals surface area contributed by atoms with Crippen LogP contribution in [0.15, 0.2) is 34.7 Å². The first-order chi connectivity index (χ1) is 13.6. The quantitative estimate of drug-likeness (QED) is 0.603. The van der Waals surface area contributed by atoms with Crippen molar-refractivity contribution in [3.63, 3.8) is 0 Å². The molecule has 3 heterocycles. The van der Waals surface area contributed by atoms with Gasteiger partial charge in [0.15, 0.2) is 0 Å². The molecule has 3 amide bonds. The van der Waals surface area contributed by atoms with Crippen molar-refractivity contribution >= 4 is 29.6 Å². The molecule has 6 nitrogen and oxygen atoms in total. The van der Waals surface area contributed by atoms with Gasteiger partial charge in [-0.05, 0) is 79.9 Å². The van der Waals surface area contributed by atoms with Gasteiger partial charge in [-0.1, -0.05) is 6.08 Å². The summed E-state index contributed by atoms with van der Waals surface area (Å²) in [4.78, 5) is 28.0. The Morgan fingerprint density at radius 3 is 2.89 bits per heavy atom. The number of piperidine rings is 1. The van der Waals surface area contributed by atoms with Crippen molar-refractivity contribution in [1.82, 2.24) is 14.5 Å². The molecule has 2 saturated heterocycles. The number of anilines is 1. The van der Waals surface area contributed by atoms with Crippen molar-refractivity contribution in [3.8, 4) is 0 Å². The third kappa shape index (κ3) is 3.18. The smallest absolute Gasteiger partial charge is 0.332 e. The summed E-state index contributed by atoms with van der Waals surface area (Å²) in [5.41, 5.74) is 2.01. The molecule has 2 bridgehead atoms. The molecule has 1 aromatic rings. The maximum atomic E-state index is 13.5. The highest BCUT2D eigenvalue weighted by atomic mass is 32.2. The van der Waals surface area contributed by atoms with Gasteiger partial charge in [0.2, 0.25) is 5.91 Å². The summed E-state index contributed by atoms with van der Waals surface area (Å²) in [5.74, 6) is 0.614. The Hall–Kier alpha value is -2.06. The van der Waals surface area contributed by atoms with Crippen LogP contribution in [0.4, 0.5) is 14.9 Å². The van der Waals surface area contributed by atoms with E-state index < -0.39 is 0 Å². The number of halogens is 1. The van der Waals surface area contributed by atoms with Gasteiger partial charge in [-0.15, -0.1) is 0 Å². The topological polar surface area (TPSA) is 64.7 Å². The molecule has 2 N–H and O–H groups in total. The van der Waals surface area contributed by atoms with Crippen molar-refractivity contribution < 1.29 is 14.0 Å². The van der Waals surface area contributed by atoms with Gasteiger partial charge in [-0.3, -0.25) is 9.10 Å². The first kappa shape index (κ1) is 18.0. The van der Waals surface area contributed by atoms with Crippen LogP contribution in [-0.2, 0) is 4.79 Å². The second-order valence-corrected chi connectivity index (χ2v) is 9.01. The molecule has 0 radical (unpaired) electrons. The van der Waals surface area contributed by atoms with Gasteiger partial charge in [0, 0.05) is 6.54 Å². The predicted molar refractivity (Wildman–Crippen MR) is 105 cm³/mol. The van der Waals surface area contributed by atoms with Crippen molar-refractivity contribution in [2.45, 2.75) is 30.2 Å². The molecule has 2 unspecified atom stereocenters. The Kier molecular flexibility index (Phi) is 4.55. The van der Waals surface area contributed by atoms with Gasteiger partial charge >= 0.3 is 6.03 Å². The van der Waals surface area contributed by atoms with Gasteiger partial charge in [0.1, 0.15) is 12.4 Å². The number of benzene rings is 1.